The first-order valence-electron chi connectivity index (χ1n) is 9.29. The van der Waals surface area contributed by atoms with Gasteiger partial charge in [0.1, 0.15) is 5.00 Å². The summed E-state index contributed by atoms with van der Waals surface area (Å²) in [6, 6.07) is 5.23. The van der Waals surface area contributed by atoms with E-state index in [2.05, 4.69) is 5.32 Å². The van der Waals surface area contributed by atoms with Gasteiger partial charge in [-0.25, -0.2) is 18.0 Å². The molecule has 3 rings (SSSR count). The summed E-state index contributed by atoms with van der Waals surface area (Å²) in [6.07, 6.45) is 3.63. The molecule has 0 spiro atoms. The Kier molecular flexibility index (Phi) is 6.57. The molecular weight excluding hydrogens is 430 g/mol. The van der Waals surface area contributed by atoms with Gasteiger partial charge in [-0.3, -0.25) is 4.79 Å². The molecule has 0 radical (unpaired) electrons. The number of rotatable bonds is 7. The van der Waals surface area contributed by atoms with Crippen LogP contribution in [0.5, 0.6) is 0 Å². The van der Waals surface area contributed by atoms with Crippen molar-refractivity contribution in [2.45, 2.75) is 31.1 Å². The highest BCUT2D eigenvalue weighted by molar-refractivity contribution is 7.90. The molecule has 1 aliphatic carbocycles. The van der Waals surface area contributed by atoms with Crippen LogP contribution in [0.25, 0.3) is 0 Å². The molecule has 0 saturated carbocycles. The molecule has 0 saturated heterocycles. The zero-order valence-corrected chi connectivity index (χ0v) is 18.2. The third-order valence-electron chi connectivity index (χ3n) is 4.51. The molecule has 0 fully saturated rings. The highest BCUT2D eigenvalue weighted by Gasteiger charge is 2.28. The number of carbonyl (C=O) groups is 3. The van der Waals surface area contributed by atoms with Crippen LogP contribution >= 0.6 is 11.3 Å². The van der Waals surface area contributed by atoms with E-state index in [9.17, 15) is 22.8 Å². The molecule has 1 amide bonds. The van der Waals surface area contributed by atoms with E-state index in [1.54, 1.807) is 6.92 Å². The van der Waals surface area contributed by atoms with Crippen LogP contribution in [0.1, 0.15) is 44.5 Å². The van der Waals surface area contributed by atoms with Crippen LogP contribution in [0.2, 0.25) is 0 Å². The SMILES string of the molecule is CCOC(=O)c1c(NC(=O)COC(=O)c2ccc(S(C)(=O)=O)cc2)sc2c1CCC2. The Morgan fingerprint density at radius 1 is 1.07 bits per heavy atom. The van der Waals surface area contributed by atoms with Gasteiger partial charge < -0.3 is 14.8 Å². The third-order valence-corrected chi connectivity index (χ3v) is 6.84. The first-order chi connectivity index (χ1) is 14.2. The fraction of sp³-hybridized carbons (Fsp3) is 0.350. The summed E-state index contributed by atoms with van der Waals surface area (Å²) in [5.74, 6) is -1.82. The van der Waals surface area contributed by atoms with Crippen molar-refractivity contribution in [2.75, 3.05) is 24.8 Å². The van der Waals surface area contributed by atoms with Gasteiger partial charge in [-0.05, 0) is 56.0 Å². The molecule has 30 heavy (non-hydrogen) atoms. The molecule has 0 unspecified atom stereocenters. The Morgan fingerprint density at radius 2 is 1.77 bits per heavy atom. The maximum atomic E-state index is 12.3. The van der Waals surface area contributed by atoms with E-state index in [1.165, 1.54) is 35.6 Å². The molecular formula is C20H21NO7S2. The minimum atomic E-state index is -3.37. The molecule has 0 bridgehead atoms. The van der Waals surface area contributed by atoms with E-state index >= 15 is 0 Å². The normalized spacial score (nSPS) is 12.9. The smallest absolute Gasteiger partial charge is 0.341 e. The van der Waals surface area contributed by atoms with Gasteiger partial charge in [-0.2, -0.15) is 0 Å². The summed E-state index contributed by atoms with van der Waals surface area (Å²) in [4.78, 5) is 37.8. The van der Waals surface area contributed by atoms with Gasteiger partial charge in [-0.15, -0.1) is 11.3 Å². The first kappa shape index (κ1) is 22.0. The van der Waals surface area contributed by atoms with Crippen molar-refractivity contribution in [3.8, 4) is 0 Å². The third kappa shape index (κ3) is 4.88. The van der Waals surface area contributed by atoms with Gasteiger partial charge in [-0.1, -0.05) is 0 Å². The number of nitrogens with one attached hydrogen (secondary N) is 1. The van der Waals surface area contributed by atoms with E-state index in [-0.39, 0.29) is 17.1 Å². The molecule has 0 aliphatic heterocycles. The molecule has 2 aromatic rings. The number of sulfone groups is 1. The minimum Gasteiger partial charge on any atom is -0.462 e. The van der Waals surface area contributed by atoms with Gasteiger partial charge in [0, 0.05) is 11.1 Å². The van der Waals surface area contributed by atoms with E-state index in [4.69, 9.17) is 9.47 Å². The Hall–Kier alpha value is -2.72. The number of hydrogen-bond donors (Lipinski definition) is 1. The highest BCUT2D eigenvalue weighted by Crippen LogP contribution is 2.39. The number of anilines is 1. The van der Waals surface area contributed by atoms with Crippen molar-refractivity contribution in [3.63, 3.8) is 0 Å². The number of hydrogen-bond acceptors (Lipinski definition) is 8. The van der Waals surface area contributed by atoms with Crippen LogP contribution in [-0.4, -0.2) is 45.7 Å². The topological polar surface area (TPSA) is 116 Å². The first-order valence-corrected chi connectivity index (χ1v) is 12.0. The van der Waals surface area contributed by atoms with E-state index in [0.29, 0.717) is 10.6 Å². The quantitative estimate of drug-likeness (QED) is 0.643. The summed E-state index contributed by atoms with van der Waals surface area (Å²) in [5.41, 5.74) is 1.42. The predicted octanol–water partition coefficient (Wildman–Crippen LogP) is 2.61. The lowest BCUT2D eigenvalue weighted by atomic mass is 10.1. The van der Waals surface area contributed by atoms with E-state index < -0.39 is 34.3 Å². The largest absolute Gasteiger partial charge is 0.462 e. The van der Waals surface area contributed by atoms with Crippen molar-refractivity contribution in [1.29, 1.82) is 0 Å². The molecule has 0 atom stereocenters. The number of benzene rings is 1. The molecule has 10 heteroatoms. The fourth-order valence-electron chi connectivity index (χ4n) is 3.13. The lowest BCUT2D eigenvalue weighted by Crippen LogP contribution is -2.22. The minimum absolute atomic E-state index is 0.0778. The van der Waals surface area contributed by atoms with Crippen molar-refractivity contribution < 1.29 is 32.3 Å². The second kappa shape index (κ2) is 8.97. The highest BCUT2D eigenvalue weighted by atomic mass is 32.2. The zero-order chi connectivity index (χ0) is 21.9. The van der Waals surface area contributed by atoms with Crippen LogP contribution in [0.4, 0.5) is 5.00 Å². The fourth-order valence-corrected chi connectivity index (χ4v) is 5.05. The van der Waals surface area contributed by atoms with Crippen LogP contribution < -0.4 is 5.32 Å². The Bertz CT molecular complexity index is 1090. The number of thiophene rings is 1. The molecule has 1 aliphatic rings. The summed E-state index contributed by atoms with van der Waals surface area (Å²) in [6.45, 7) is 1.40. The molecule has 160 valence electrons. The number of ether oxygens (including phenoxy) is 2. The second-order valence-corrected chi connectivity index (χ2v) is 9.82. The van der Waals surface area contributed by atoms with E-state index in [1.807, 2.05) is 0 Å². The van der Waals surface area contributed by atoms with Crippen LogP contribution in [-0.2, 0) is 36.9 Å². The zero-order valence-electron chi connectivity index (χ0n) is 16.5. The van der Waals surface area contributed by atoms with Gasteiger partial charge in [0.15, 0.2) is 16.4 Å². The summed E-state index contributed by atoms with van der Waals surface area (Å²) >= 11 is 1.34. The molecule has 1 N–H and O–H groups in total. The number of fused-ring (bicyclic) bond motifs is 1. The molecule has 8 nitrogen and oxygen atoms in total. The monoisotopic (exact) mass is 451 g/mol. The lowest BCUT2D eigenvalue weighted by molar-refractivity contribution is -0.119. The van der Waals surface area contributed by atoms with Gasteiger partial charge in [0.2, 0.25) is 0 Å². The Labute approximate surface area is 178 Å². The van der Waals surface area contributed by atoms with Crippen LogP contribution in [0.3, 0.4) is 0 Å². The van der Waals surface area contributed by atoms with Crippen molar-refractivity contribution in [1.82, 2.24) is 0 Å². The Balaban J connectivity index is 1.64. The number of carbonyl (C=O) groups excluding carboxylic acids is 3. The molecule has 1 aromatic heterocycles. The molecule has 1 aromatic carbocycles. The summed E-state index contributed by atoms with van der Waals surface area (Å²) in [5, 5.41) is 3.04. The van der Waals surface area contributed by atoms with Gasteiger partial charge >= 0.3 is 11.9 Å². The second-order valence-electron chi connectivity index (χ2n) is 6.70. The number of aryl methyl sites for hydroxylation is 1. The summed E-state index contributed by atoms with van der Waals surface area (Å²) in [7, 11) is -3.37. The van der Waals surface area contributed by atoms with Crippen LogP contribution in [0, 0.1) is 0 Å². The average molecular weight is 452 g/mol. The van der Waals surface area contributed by atoms with Crippen molar-refractivity contribution >= 4 is 44.0 Å². The lowest BCUT2D eigenvalue weighted by Gasteiger charge is -2.09. The van der Waals surface area contributed by atoms with Crippen molar-refractivity contribution in [2.24, 2.45) is 0 Å². The standard InChI is InChI=1S/C20H21NO7S2/c1-3-27-20(24)17-14-5-4-6-15(14)29-18(17)21-16(22)11-28-19(23)12-7-9-13(10-8-12)30(2,25)26/h7-10H,3-6,11H2,1-2H3,(H,21,22). The van der Waals surface area contributed by atoms with Crippen molar-refractivity contribution in [3.05, 3.63) is 45.8 Å². The maximum absolute atomic E-state index is 12.3. The van der Waals surface area contributed by atoms with Gasteiger partial charge in [0.05, 0.1) is 22.6 Å². The maximum Gasteiger partial charge on any atom is 0.341 e. The van der Waals surface area contributed by atoms with Crippen LogP contribution in [0.15, 0.2) is 29.2 Å². The molecule has 1 heterocycles. The Morgan fingerprint density at radius 3 is 2.40 bits per heavy atom. The van der Waals surface area contributed by atoms with E-state index in [0.717, 1.165) is 36.0 Å². The number of esters is 2. The summed E-state index contributed by atoms with van der Waals surface area (Å²) < 4.78 is 33.1. The predicted molar refractivity (Wildman–Crippen MR) is 111 cm³/mol. The number of amides is 1. The average Bonchev–Trinajstić information content (AvgIpc) is 3.26. The van der Waals surface area contributed by atoms with Gasteiger partial charge in [0.25, 0.3) is 5.91 Å².